The molecule has 1 aromatic heterocycles. The average molecular weight is 289 g/mol. The monoisotopic (exact) mass is 288 g/mol. The van der Waals surface area contributed by atoms with Gasteiger partial charge in [0.2, 0.25) is 5.89 Å². The molecule has 0 saturated carbocycles. The molecule has 5 heteroatoms. The quantitative estimate of drug-likeness (QED) is 0.736. The minimum atomic E-state index is 0.476. The van der Waals surface area contributed by atoms with Gasteiger partial charge in [0.1, 0.15) is 11.3 Å². The number of ether oxygens (including phenoxy) is 1. The van der Waals surface area contributed by atoms with Crippen molar-refractivity contribution < 1.29 is 9.15 Å². The van der Waals surface area contributed by atoms with Gasteiger partial charge in [-0.15, -0.1) is 0 Å². The number of benzene rings is 2. The molecule has 1 heterocycles. The van der Waals surface area contributed by atoms with E-state index >= 15 is 0 Å². The van der Waals surface area contributed by atoms with E-state index in [-0.39, 0.29) is 0 Å². The van der Waals surface area contributed by atoms with Crippen LogP contribution in [0.1, 0.15) is 6.92 Å². The number of anilines is 1. The largest absolute Gasteiger partial charge is 0.494 e. The molecule has 0 saturated heterocycles. The summed E-state index contributed by atoms with van der Waals surface area (Å²) in [6, 6.07) is 11.0. The molecule has 3 rings (SSSR count). The molecule has 2 N–H and O–H groups in total. The molecule has 20 heavy (non-hydrogen) atoms. The Morgan fingerprint density at radius 1 is 1.25 bits per heavy atom. The lowest BCUT2D eigenvalue weighted by Gasteiger charge is -2.02. The fourth-order valence-corrected chi connectivity index (χ4v) is 2.11. The first kappa shape index (κ1) is 12.8. The van der Waals surface area contributed by atoms with E-state index in [2.05, 4.69) is 4.98 Å². The van der Waals surface area contributed by atoms with Crippen molar-refractivity contribution in [1.29, 1.82) is 0 Å². The number of fused-ring (bicyclic) bond motifs is 1. The maximum Gasteiger partial charge on any atom is 0.227 e. The van der Waals surface area contributed by atoms with Crippen LogP contribution in [-0.4, -0.2) is 11.6 Å². The van der Waals surface area contributed by atoms with Crippen molar-refractivity contribution in [2.45, 2.75) is 6.92 Å². The summed E-state index contributed by atoms with van der Waals surface area (Å²) in [5.74, 6) is 1.35. The molecule has 0 bridgehead atoms. The van der Waals surface area contributed by atoms with Crippen LogP contribution in [0.25, 0.3) is 22.6 Å². The van der Waals surface area contributed by atoms with E-state index < -0.39 is 0 Å². The van der Waals surface area contributed by atoms with Crippen LogP contribution < -0.4 is 10.5 Å². The fraction of sp³-hybridized carbons (Fsp3) is 0.133. The summed E-state index contributed by atoms with van der Waals surface area (Å²) in [6.45, 7) is 2.59. The highest BCUT2D eigenvalue weighted by Gasteiger charge is 2.10. The molecular formula is C15H13ClN2O2. The van der Waals surface area contributed by atoms with E-state index in [0.717, 1.165) is 11.3 Å². The van der Waals surface area contributed by atoms with E-state index in [1.54, 1.807) is 12.1 Å². The predicted octanol–water partition coefficient (Wildman–Crippen LogP) is 4.13. The van der Waals surface area contributed by atoms with Gasteiger partial charge in [-0.2, -0.15) is 0 Å². The van der Waals surface area contributed by atoms with Crippen LogP contribution in [0.2, 0.25) is 5.02 Å². The van der Waals surface area contributed by atoms with Crippen LogP contribution in [0.3, 0.4) is 0 Å². The van der Waals surface area contributed by atoms with Gasteiger partial charge in [0.25, 0.3) is 0 Å². The van der Waals surface area contributed by atoms with E-state index in [0.29, 0.717) is 34.3 Å². The standard InChI is InChI=1S/C15H13ClN2O2/c1-2-19-10-5-3-9(4-6-10)15-18-13-7-11(16)12(17)8-14(13)20-15/h3-8H,2,17H2,1H3. The molecule has 0 spiro atoms. The van der Waals surface area contributed by atoms with Crippen LogP contribution in [0.4, 0.5) is 5.69 Å². The number of aromatic nitrogens is 1. The maximum absolute atomic E-state index is 5.98. The Labute approximate surface area is 121 Å². The smallest absolute Gasteiger partial charge is 0.227 e. The molecular weight excluding hydrogens is 276 g/mol. The summed E-state index contributed by atoms with van der Waals surface area (Å²) in [5, 5.41) is 0.476. The number of oxazole rings is 1. The Hall–Kier alpha value is -2.20. The predicted molar refractivity (Wildman–Crippen MR) is 80.0 cm³/mol. The van der Waals surface area contributed by atoms with Gasteiger partial charge >= 0.3 is 0 Å². The molecule has 0 radical (unpaired) electrons. The summed E-state index contributed by atoms with van der Waals surface area (Å²) >= 11 is 5.98. The summed E-state index contributed by atoms with van der Waals surface area (Å²) in [6.07, 6.45) is 0. The number of nitrogens with zero attached hydrogens (tertiary/aromatic N) is 1. The molecule has 0 aliphatic rings. The van der Waals surface area contributed by atoms with Crippen molar-refractivity contribution in [3.8, 4) is 17.2 Å². The van der Waals surface area contributed by atoms with Gasteiger partial charge in [-0.25, -0.2) is 4.98 Å². The van der Waals surface area contributed by atoms with Crippen molar-refractivity contribution in [2.24, 2.45) is 0 Å². The highest BCUT2D eigenvalue weighted by Crippen LogP contribution is 2.30. The van der Waals surface area contributed by atoms with Gasteiger partial charge in [0.05, 0.1) is 17.3 Å². The number of halogens is 1. The lowest BCUT2D eigenvalue weighted by atomic mass is 10.2. The molecule has 0 aliphatic heterocycles. The van der Waals surface area contributed by atoms with Crippen LogP contribution >= 0.6 is 11.6 Å². The second-order valence-corrected chi connectivity index (χ2v) is 4.73. The number of nitrogen functional groups attached to an aromatic ring is 1. The van der Waals surface area contributed by atoms with Gasteiger partial charge in [-0.1, -0.05) is 11.6 Å². The summed E-state index contributed by atoms with van der Waals surface area (Å²) in [7, 11) is 0. The molecule has 0 unspecified atom stereocenters. The molecule has 0 atom stereocenters. The Balaban J connectivity index is 2.01. The van der Waals surface area contributed by atoms with Gasteiger partial charge in [0, 0.05) is 11.6 Å². The highest BCUT2D eigenvalue weighted by molar-refractivity contribution is 6.33. The van der Waals surface area contributed by atoms with Crippen LogP contribution in [0, 0.1) is 0 Å². The molecule has 3 aromatic rings. The highest BCUT2D eigenvalue weighted by atomic mass is 35.5. The Bertz CT molecular complexity index is 711. The zero-order valence-corrected chi connectivity index (χ0v) is 11.6. The zero-order chi connectivity index (χ0) is 14.1. The van der Waals surface area contributed by atoms with Crippen molar-refractivity contribution in [3.63, 3.8) is 0 Å². The third-order valence-corrected chi connectivity index (χ3v) is 3.25. The summed E-state index contributed by atoms with van der Waals surface area (Å²) in [4.78, 5) is 4.41. The minimum absolute atomic E-state index is 0.476. The molecule has 102 valence electrons. The van der Waals surface area contributed by atoms with Crippen molar-refractivity contribution in [3.05, 3.63) is 41.4 Å². The second-order valence-electron chi connectivity index (χ2n) is 4.32. The SMILES string of the molecule is CCOc1ccc(-c2nc3cc(Cl)c(N)cc3o2)cc1. The second kappa shape index (κ2) is 5.06. The number of nitrogens with two attached hydrogens (primary N) is 1. The lowest BCUT2D eigenvalue weighted by molar-refractivity contribution is 0.340. The summed E-state index contributed by atoms with van der Waals surface area (Å²) < 4.78 is 11.1. The van der Waals surface area contributed by atoms with E-state index in [1.807, 2.05) is 31.2 Å². The summed E-state index contributed by atoms with van der Waals surface area (Å²) in [5.41, 5.74) is 8.41. The zero-order valence-electron chi connectivity index (χ0n) is 10.9. The van der Waals surface area contributed by atoms with Gasteiger partial charge < -0.3 is 14.9 Å². The minimum Gasteiger partial charge on any atom is -0.494 e. The van der Waals surface area contributed by atoms with Crippen LogP contribution in [-0.2, 0) is 0 Å². The number of hydrogen-bond acceptors (Lipinski definition) is 4. The van der Waals surface area contributed by atoms with E-state index in [1.165, 1.54) is 0 Å². The van der Waals surface area contributed by atoms with Gasteiger partial charge in [-0.3, -0.25) is 0 Å². The molecule has 4 nitrogen and oxygen atoms in total. The Kier molecular flexibility index (Phi) is 3.24. The maximum atomic E-state index is 5.98. The van der Waals surface area contributed by atoms with Gasteiger partial charge in [0.15, 0.2) is 5.58 Å². The Morgan fingerprint density at radius 2 is 2.00 bits per heavy atom. The number of rotatable bonds is 3. The normalized spacial score (nSPS) is 10.9. The van der Waals surface area contributed by atoms with Crippen molar-refractivity contribution in [2.75, 3.05) is 12.3 Å². The first-order valence-corrected chi connectivity index (χ1v) is 6.64. The first-order chi connectivity index (χ1) is 9.67. The van der Waals surface area contributed by atoms with E-state index in [4.69, 9.17) is 26.5 Å². The van der Waals surface area contributed by atoms with Crippen LogP contribution in [0.15, 0.2) is 40.8 Å². The molecule has 0 aliphatic carbocycles. The van der Waals surface area contributed by atoms with E-state index in [9.17, 15) is 0 Å². The fourth-order valence-electron chi connectivity index (χ4n) is 1.95. The first-order valence-electron chi connectivity index (χ1n) is 6.26. The third-order valence-electron chi connectivity index (χ3n) is 2.92. The van der Waals surface area contributed by atoms with Crippen molar-refractivity contribution >= 4 is 28.4 Å². The van der Waals surface area contributed by atoms with Gasteiger partial charge in [-0.05, 0) is 37.3 Å². The number of hydrogen-bond donors (Lipinski definition) is 1. The Morgan fingerprint density at radius 3 is 2.70 bits per heavy atom. The topological polar surface area (TPSA) is 61.3 Å². The molecule has 2 aromatic carbocycles. The third kappa shape index (κ3) is 2.30. The average Bonchev–Trinajstić information content (AvgIpc) is 2.83. The van der Waals surface area contributed by atoms with Crippen molar-refractivity contribution in [1.82, 2.24) is 4.98 Å². The molecule has 0 amide bonds. The van der Waals surface area contributed by atoms with Crippen LogP contribution in [0.5, 0.6) is 5.75 Å². The molecule has 0 fully saturated rings. The lowest BCUT2D eigenvalue weighted by Crippen LogP contribution is -1.90.